The Morgan fingerprint density at radius 3 is 2.40 bits per heavy atom. The van der Waals surface area contributed by atoms with Gasteiger partial charge in [-0.1, -0.05) is 41.9 Å². The largest absolute Gasteiger partial charge is 0.495 e. The van der Waals surface area contributed by atoms with Gasteiger partial charge < -0.3 is 10.1 Å². The average molecular weight is 445 g/mol. The van der Waals surface area contributed by atoms with Gasteiger partial charge in [0.05, 0.1) is 22.7 Å². The number of methoxy groups -OCH3 is 1. The zero-order valence-electron chi connectivity index (χ0n) is 16.5. The first-order valence-electron chi connectivity index (χ1n) is 9.09. The summed E-state index contributed by atoms with van der Waals surface area (Å²) < 4.78 is 32.8. The summed E-state index contributed by atoms with van der Waals surface area (Å²) in [6, 6.07) is 19.8. The molecule has 0 aromatic heterocycles. The highest BCUT2D eigenvalue weighted by atomic mass is 35.5. The van der Waals surface area contributed by atoms with E-state index in [0.717, 1.165) is 9.87 Å². The summed E-state index contributed by atoms with van der Waals surface area (Å²) in [4.78, 5) is 12.8. The molecule has 0 fully saturated rings. The Bertz CT molecular complexity index is 1150. The standard InChI is InChI=1S/C22H21ClN2O4S/c1-16-7-6-8-17(13-16)24-22(26)15-25(18-11-12-21(29-2)20(23)14-18)30(27,28)19-9-4-3-5-10-19/h3-14H,15H2,1-2H3,(H,24,26). The molecule has 30 heavy (non-hydrogen) atoms. The smallest absolute Gasteiger partial charge is 0.264 e. The number of carbonyl (C=O) groups excluding carboxylic acids is 1. The molecule has 3 rings (SSSR count). The summed E-state index contributed by atoms with van der Waals surface area (Å²) in [6.07, 6.45) is 0. The molecule has 0 aliphatic carbocycles. The van der Waals surface area contributed by atoms with Crippen LogP contribution >= 0.6 is 11.6 Å². The van der Waals surface area contributed by atoms with Gasteiger partial charge in [-0.3, -0.25) is 9.10 Å². The molecule has 0 heterocycles. The fourth-order valence-electron chi connectivity index (χ4n) is 2.90. The number of halogens is 1. The number of rotatable bonds is 7. The van der Waals surface area contributed by atoms with Crippen molar-refractivity contribution in [2.45, 2.75) is 11.8 Å². The zero-order valence-corrected chi connectivity index (χ0v) is 18.1. The molecule has 3 aromatic rings. The van der Waals surface area contributed by atoms with Gasteiger partial charge >= 0.3 is 0 Å². The number of nitrogens with one attached hydrogen (secondary N) is 1. The SMILES string of the molecule is COc1ccc(N(CC(=O)Nc2cccc(C)c2)S(=O)(=O)c2ccccc2)cc1Cl. The van der Waals surface area contributed by atoms with Crippen molar-refractivity contribution >= 4 is 38.9 Å². The number of nitrogens with zero attached hydrogens (tertiary/aromatic N) is 1. The van der Waals surface area contributed by atoms with Crippen molar-refractivity contribution in [1.82, 2.24) is 0 Å². The van der Waals surface area contributed by atoms with E-state index in [4.69, 9.17) is 16.3 Å². The molecule has 0 saturated heterocycles. The second kappa shape index (κ2) is 9.19. The van der Waals surface area contributed by atoms with Crippen LogP contribution < -0.4 is 14.4 Å². The molecule has 0 bridgehead atoms. The van der Waals surface area contributed by atoms with Crippen LogP contribution in [0.5, 0.6) is 5.75 Å². The maximum atomic E-state index is 13.3. The lowest BCUT2D eigenvalue weighted by molar-refractivity contribution is -0.114. The van der Waals surface area contributed by atoms with Gasteiger partial charge in [0.2, 0.25) is 5.91 Å². The molecule has 1 N–H and O–H groups in total. The Hall–Kier alpha value is -3.03. The highest BCUT2D eigenvalue weighted by Gasteiger charge is 2.27. The molecule has 0 aliphatic heterocycles. The minimum absolute atomic E-state index is 0.0697. The first-order valence-corrected chi connectivity index (χ1v) is 10.9. The summed E-state index contributed by atoms with van der Waals surface area (Å²) in [6.45, 7) is 1.48. The molecule has 8 heteroatoms. The van der Waals surface area contributed by atoms with Crippen LogP contribution in [-0.4, -0.2) is 28.0 Å². The second-order valence-electron chi connectivity index (χ2n) is 6.56. The van der Waals surface area contributed by atoms with Crippen LogP contribution in [-0.2, 0) is 14.8 Å². The van der Waals surface area contributed by atoms with Gasteiger partial charge in [-0.2, -0.15) is 0 Å². The van der Waals surface area contributed by atoms with E-state index in [1.165, 1.54) is 25.3 Å². The fourth-order valence-corrected chi connectivity index (χ4v) is 4.58. The highest BCUT2D eigenvalue weighted by Crippen LogP contribution is 2.32. The third kappa shape index (κ3) is 4.93. The number of sulfonamides is 1. The summed E-state index contributed by atoms with van der Waals surface area (Å²) in [5.74, 6) is -0.0752. The number of aryl methyl sites for hydroxylation is 1. The minimum Gasteiger partial charge on any atom is -0.495 e. The fraction of sp³-hybridized carbons (Fsp3) is 0.136. The topological polar surface area (TPSA) is 75.7 Å². The van der Waals surface area contributed by atoms with Gasteiger partial charge in [0, 0.05) is 5.69 Å². The number of carbonyl (C=O) groups is 1. The van der Waals surface area contributed by atoms with E-state index < -0.39 is 22.5 Å². The molecule has 1 amide bonds. The minimum atomic E-state index is -4.01. The maximum Gasteiger partial charge on any atom is 0.264 e. The zero-order chi connectivity index (χ0) is 21.7. The highest BCUT2D eigenvalue weighted by molar-refractivity contribution is 7.92. The lowest BCUT2D eigenvalue weighted by Gasteiger charge is -2.24. The summed E-state index contributed by atoms with van der Waals surface area (Å²) in [5.41, 5.74) is 1.82. The summed E-state index contributed by atoms with van der Waals surface area (Å²) in [5, 5.41) is 2.98. The van der Waals surface area contributed by atoms with Crippen molar-refractivity contribution < 1.29 is 17.9 Å². The van der Waals surface area contributed by atoms with Crippen LogP contribution in [0.15, 0.2) is 77.7 Å². The summed E-state index contributed by atoms with van der Waals surface area (Å²) in [7, 11) is -2.55. The molecular weight excluding hydrogens is 424 g/mol. The predicted molar refractivity (Wildman–Crippen MR) is 119 cm³/mol. The van der Waals surface area contributed by atoms with E-state index in [-0.39, 0.29) is 15.6 Å². The van der Waals surface area contributed by atoms with Crippen LogP contribution in [0.1, 0.15) is 5.56 Å². The monoisotopic (exact) mass is 444 g/mol. The van der Waals surface area contributed by atoms with Crippen molar-refractivity contribution in [1.29, 1.82) is 0 Å². The van der Waals surface area contributed by atoms with Crippen molar-refractivity contribution in [2.75, 3.05) is 23.3 Å². The van der Waals surface area contributed by atoms with Crippen LogP contribution in [0.3, 0.4) is 0 Å². The van der Waals surface area contributed by atoms with Crippen molar-refractivity contribution in [2.24, 2.45) is 0 Å². The van der Waals surface area contributed by atoms with E-state index in [0.29, 0.717) is 11.4 Å². The number of ether oxygens (including phenoxy) is 1. The van der Waals surface area contributed by atoms with Crippen molar-refractivity contribution in [3.8, 4) is 5.75 Å². The third-order valence-corrected chi connectivity index (χ3v) is 6.43. The van der Waals surface area contributed by atoms with Crippen LogP contribution in [0.2, 0.25) is 5.02 Å². The number of hydrogen-bond donors (Lipinski definition) is 1. The lowest BCUT2D eigenvalue weighted by atomic mass is 10.2. The van der Waals surface area contributed by atoms with E-state index in [2.05, 4.69) is 5.32 Å². The van der Waals surface area contributed by atoms with Gasteiger partial charge in [-0.05, 0) is 55.0 Å². The van der Waals surface area contributed by atoms with E-state index in [1.54, 1.807) is 42.5 Å². The Morgan fingerprint density at radius 2 is 1.77 bits per heavy atom. The van der Waals surface area contributed by atoms with Crippen LogP contribution in [0.4, 0.5) is 11.4 Å². The summed E-state index contributed by atoms with van der Waals surface area (Å²) >= 11 is 6.21. The molecule has 0 spiro atoms. The molecule has 0 atom stereocenters. The lowest BCUT2D eigenvalue weighted by Crippen LogP contribution is -2.38. The average Bonchev–Trinajstić information content (AvgIpc) is 2.72. The molecule has 3 aromatic carbocycles. The molecular formula is C22H21ClN2O4S. The van der Waals surface area contributed by atoms with E-state index >= 15 is 0 Å². The van der Waals surface area contributed by atoms with Crippen molar-refractivity contribution in [3.05, 3.63) is 83.4 Å². The first-order chi connectivity index (χ1) is 14.3. The Morgan fingerprint density at radius 1 is 1.03 bits per heavy atom. The third-order valence-electron chi connectivity index (χ3n) is 4.34. The quantitative estimate of drug-likeness (QED) is 0.582. The number of hydrogen-bond acceptors (Lipinski definition) is 4. The molecule has 0 unspecified atom stereocenters. The molecule has 6 nitrogen and oxygen atoms in total. The van der Waals surface area contributed by atoms with Gasteiger partial charge in [-0.25, -0.2) is 8.42 Å². The van der Waals surface area contributed by atoms with Gasteiger partial charge in [0.15, 0.2) is 0 Å². The molecule has 156 valence electrons. The predicted octanol–water partition coefficient (Wildman–Crippen LogP) is 4.49. The van der Waals surface area contributed by atoms with Gasteiger partial charge in [0.1, 0.15) is 12.3 Å². The van der Waals surface area contributed by atoms with Crippen molar-refractivity contribution in [3.63, 3.8) is 0 Å². The normalized spacial score (nSPS) is 11.0. The van der Waals surface area contributed by atoms with Gasteiger partial charge in [-0.15, -0.1) is 0 Å². The second-order valence-corrected chi connectivity index (χ2v) is 8.83. The Labute approximate surface area is 181 Å². The Balaban J connectivity index is 1.97. The Kier molecular flexibility index (Phi) is 6.64. The van der Waals surface area contributed by atoms with Gasteiger partial charge in [0.25, 0.3) is 10.0 Å². The number of benzene rings is 3. The van der Waals surface area contributed by atoms with Crippen LogP contribution in [0, 0.1) is 6.92 Å². The molecule has 0 radical (unpaired) electrons. The molecule has 0 aliphatic rings. The van der Waals surface area contributed by atoms with E-state index in [9.17, 15) is 13.2 Å². The van der Waals surface area contributed by atoms with Crippen LogP contribution in [0.25, 0.3) is 0 Å². The number of anilines is 2. The molecule has 0 saturated carbocycles. The number of amides is 1. The maximum absolute atomic E-state index is 13.3. The van der Waals surface area contributed by atoms with E-state index in [1.807, 2.05) is 19.1 Å². The first kappa shape index (κ1) is 21.7.